The van der Waals surface area contributed by atoms with Gasteiger partial charge in [-0.15, -0.1) is 0 Å². The van der Waals surface area contributed by atoms with Gasteiger partial charge >= 0.3 is 0 Å². The molecule has 2 unspecified atom stereocenters. The molecule has 0 aromatic heterocycles. The third-order valence-electron chi connectivity index (χ3n) is 3.61. The molecule has 1 saturated heterocycles. The van der Waals surface area contributed by atoms with E-state index in [2.05, 4.69) is 0 Å². The molecule has 1 fully saturated rings. The van der Waals surface area contributed by atoms with Crippen molar-refractivity contribution in [2.75, 3.05) is 18.9 Å². The Morgan fingerprint density at radius 1 is 1.40 bits per heavy atom. The van der Waals surface area contributed by atoms with Gasteiger partial charge in [-0.1, -0.05) is 13.0 Å². The number of hydrogen-bond acceptors (Lipinski definition) is 4. The molecule has 2 atom stereocenters. The van der Waals surface area contributed by atoms with Crippen molar-refractivity contribution in [1.29, 1.82) is 0 Å². The van der Waals surface area contributed by atoms with E-state index in [1.165, 1.54) is 4.31 Å². The first-order valence-corrected chi connectivity index (χ1v) is 8.32. The minimum absolute atomic E-state index is 0.0906. The van der Waals surface area contributed by atoms with E-state index in [0.29, 0.717) is 30.2 Å². The molecule has 2 rings (SSSR count). The highest BCUT2D eigenvalue weighted by Gasteiger charge is 2.35. The summed E-state index contributed by atoms with van der Waals surface area (Å²) in [4.78, 5) is 0.320. The van der Waals surface area contributed by atoms with Crippen LogP contribution >= 0.6 is 0 Å². The Morgan fingerprint density at radius 3 is 2.75 bits per heavy atom. The quantitative estimate of drug-likeness (QED) is 0.861. The second-order valence-corrected chi connectivity index (χ2v) is 7.15. The number of nitrogens with zero attached hydrogens (tertiary/aromatic N) is 1. The molecule has 112 valence electrons. The molecule has 1 aromatic rings. The van der Waals surface area contributed by atoms with Crippen molar-refractivity contribution in [3.05, 3.63) is 23.8 Å². The van der Waals surface area contributed by atoms with Gasteiger partial charge in [0.15, 0.2) is 0 Å². The normalized spacial score (nSPS) is 24.8. The maximum atomic E-state index is 12.9. The number of morpholine rings is 1. The summed E-state index contributed by atoms with van der Waals surface area (Å²) >= 11 is 0. The summed E-state index contributed by atoms with van der Waals surface area (Å²) in [6.07, 6.45) is 0.565. The summed E-state index contributed by atoms with van der Waals surface area (Å²) in [6.45, 7) is 6.48. The molecule has 0 radical (unpaired) electrons. The SMILES string of the molecule is CCc1ccc(N)cc1S(=O)(=O)N1CC(C)OCC1C. The van der Waals surface area contributed by atoms with Gasteiger partial charge in [-0.2, -0.15) is 4.31 Å². The van der Waals surface area contributed by atoms with Gasteiger partial charge in [-0.3, -0.25) is 0 Å². The number of nitrogens with two attached hydrogens (primary N) is 1. The average Bonchev–Trinajstić information content (AvgIpc) is 2.41. The van der Waals surface area contributed by atoms with Gasteiger partial charge in [0.25, 0.3) is 0 Å². The smallest absolute Gasteiger partial charge is 0.243 e. The summed E-state index contributed by atoms with van der Waals surface area (Å²) in [5.41, 5.74) is 7.03. The van der Waals surface area contributed by atoms with E-state index in [0.717, 1.165) is 5.56 Å². The highest BCUT2D eigenvalue weighted by molar-refractivity contribution is 7.89. The van der Waals surface area contributed by atoms with Gasteiger partial charge in [-0.05, 0) is 38.0 Å². The first-order valence-electron chi connectivity index (χ1n) is 6.88. The molecule has 6 heteroatoms. The predicted octanol–water partition coefficient (Wildman–Crippen LogP) is 1.63. The zero-order valence-corrected chi connectivity index (χ0v) is 13.0. The van der Waals surface area contributed by atoms with E-state index < -0.39 is 10.0 Å². The van der Waals surface area contributed by atoms with Gasteiger partial charge in [0, 0.05) is 18.3 Å². The molecule has 0 saturated carbocycles. The van der Waals surface area contributed by atoms with Crippen molar-refractivity contribution in [2.24, 2.45) is 0 Å². The zero-order chi connectivity index (χ0) is 14.9. The number of sulfonamides is 1. The molecule has 20 heavy (non-hydrogen) atoms. The Kier molecular flexibility index (Phi) is 4.36. The lowest BCUT2D eigenvalue weighted by Crippen LogP contribution is -2.50. The summed E-state index contributed by atoms with van der Waals surface area (Å²) in [5, 5.41) is 0. The fourth-order valence-corrected chi connectivity index (χ4v) is 4.46. The van der Waals surface area contributed by atoms with Crippen LogP contribution in [0.4, 0.5) is 5.69 Å². The fourth-order valence-electron chi connectivity index (χ4n) is 2.44. The van der Waals surface area contributed by atoms with Gasteiger partial charge in [0.05, 0.1) is 17.6 Å². The van der Waals surface area contributed by atoms with Crippen LogP contribution in [0.1, 0.15) is 26.3 Å². The molecule has 1 aliphatic rings. The summed E-state index contributed by atoms with van der Waals surface area (Å²) in [6, 6.07) is 4.92. The molecule has 0 bridgehead atoms. The number of ether oxygens (including phenoxy) is 1. The van der Waals surface area contributed by atoms with Crippen molar-refractivity contribution in [2.45, 2.75) is 44.2 Å². The van der Waals surface area contributed by atoms with Gasteiger partial charge < -0.3 is 10.5 Å². The van der Waals surface area contributed by atoms with Crippen LogP contribution in [-0.4, -0.2) is 38.0 Å². The Hall–Kier alpha value is -1.11. The Bertz CT molecular complexity index is 586. The van der Waals surface area contributed by atoms with Crippen LogP contribution < -0.4 is 5.73 Å². The van der Waals surface area contributed by atoms with Gasteiger partial charge in [0.2, 0.25) is 10.0 Å². The highest BCUT2D eigenvalue weighted by Crippen LogP contribution is 2.27. The van der Waals surface area contributed by atoms with Crippen molar-refractivity contribution in [1.82, 2.24) is 4.31 Å². The standard InChI is InChI=1S/C14H22N2O3S/c1-4-12-5-6-13(15)7-14(12)20(17,18)16-8-11(3)19-9-10(16)2/h5-7,10-11H,4,8-9,15H2,1-3H3. The van der Waals surface area contributed by atoms with Crippen LogP contribution in [0.3, 0.4) is 0 Å². The summed E-state index contributed by atoms with van der Waals surface area (Å²) < 4.78 is 32.8. The first kappa shape index (κ1) is 15.3. The highest BCUT2D eigenvalue weighted by atomic mass is 32.2. The maximum absolute atomic E-state index is 12.9. The summed E-state index contributed by atoms with van der Waals surface area (Å²) in [7, 11) is -3.54. The third kappa shape index (κ3) is 2.82. The maximum Gasteiger partial charge on any atom is 0.243 e. The monoisotopic (exact) mass is 298 g/mol. The fraction of sp³-hybridized carbons (Fsp3) is 0.571. The van der Waals surface area contributed by atoms with Crippen molar-refractivity contribution >= 4 is 15.7 Å². The van der Waals surface area contributed by atoms with E-state index >= 15 is 0 Å². The largest absolute Gasteiger partial charge is 0.399 e. The third-order valence-corrected chi connectivity index (χ3v) is 5.67. The minimum Gasteiger partial charge on any atom is -0.399 e. The number of benzene rings is 1. The number of rotatable bonds is 3. The number of hydrogen-bond donors (Lipinski definition) is 1. The van der Waals surface area contributed by atoms with E-state index in [4.69, 9.17) is 10.5 Å². The number of nitrogen functional groups attached to an aromatic ring is 1. The molecule has 1 aliphatic heterocycles. The van der Waals surface area contributed by atoms with Crippen molar-refractivity contribution in [3.8, 4) is 0 Å². The van der Waals surface area contributed by atoms with E-state index in [-0.39, 0.29) is 12.1 Å². The lowest BCUT2D eigenvalue weighted by Gasteiger charge is -2.36. The molecule has 2 N–H and O–H groups in total. The predicted molar refractivity (Wildman–Crippen MR) is 79.0 cm³/mol. The topological polar surface area (TPSA) is 72.6 Å². The number of anilines is 1. The molecule has 0 spiro atoms. The molecule has 0 amide bonds. The molecular weight excluding hydrogens is 276 g/mol. The molecule has 0 aliphatic carbocycles. The van der Waals surface area contributed by atoms with E-state index in [9.17, 15) is 8.42 Å². The Balaban J connectivity index is 2.46. The minimum atomic E-state index is -3.54. The van der Waals surface area contributed by atoms with E-state index in [1.54, 1.807) is 18.2 Å². The molecular formula is C14H22N2O3S. The van der Waals surface area contributed by atoms with Crippen LogP contribution in [-0.2, 0) is 21.2 Å². The van der Waals surface area contributed by atoms with Crippen molar-refractivity contribution in [3.63, 3.8) is 0 Å². The summed E-state index contributed by atoms with van der Waals surface area (Å²) in [5.74, 6) is 0. The molecule has 1 aromatic carbocycles. The Labute approximate surface area is 120 Å². The van der Waals surface area contributed by atoms with E-state index in [1.807, 2.05) is 20.8 Å². The first-order chi connectivity index (χ1) is 9.36. The number of aryl methyl sites for hydroxylation is 1. The van der Waals surface area contributed by atoms with Crippen LogP contribution in [0, 0.1) is 0 Å². The van der Waals surface area contributed by atoms with Crippen LogP contribution in [0.5, 0.6) is 0 Å². The second-order valence-electron chi connectivity index (χ2n) is 5.29. The van der Waals surface area contributed by atoms with Crippen molar-refractivity contribution < 1.29 is 13.2 Å². The molecule has 1 heterocycles. The zero-order valence-electron chi connectivity index (χ0n) is 12.2. The average molecular weight is 298 g/mol. The lowest BCUT2D eigenvalue weighted by molar-refractivity contribution is -0.0170. The van der Waals surface area contributed by atoms with Crippen LogP contribution in [0.2, 0.25) is 0 Å². The van der Waals surface area contributed by atoms with Crippen LogP contribution in [0.25, 0.3) is 0 Å². The van der Waals surface area contributed by atoms with Crippen LogP contribution in [0.15, 0.2) is 23.1 Å². The second kappa shape index (κ2) is 5.71. The van der Waals surface area contributed by atoms with Gasteiger partial charge in [-0.25, -0.2) is 8.42 Å². The van der Waals surface area contributed by atoms with Gasteiger partial charge in [0.1, 0.15) is 0 Å². The lowest BCUT2D eigenvalue weighted by atomic mass is 10.1. The molecule has 5 nitrogen and oxygen atoms in total. The Morgan fingerprint density at radius 2 is 2.10 bits per heavy atom.